The Labute approximate surface area is 132 Å². The van der Waals surface area contributed by atoms with Crippen LogP contribution in [0, 0.1) is 6.92 Å². The number of anilines is 1. The van der Waals surface area contributed by atoms with Crippen molar-refractivity contribution in [2.75, 3.05) is 17.6 Å². The molecule has 0 bridgehead atoms. The molecule has 3 nitrogen and oxygen atoms in total. The van der Waals surface area contributed by atoms with Gasteiger partial charge in [0.05, 0.1) is 0 Å². The van der Waals surface area contributed by atoms with Crippen LogP contribution in [0.1, 0.15) is 49.0 Å². The molecule has 1 saturated carbocycles. The molecule has 1 aromatic carbocycles. The first kappa shape index (κ1) is 16.2. The van der Waals surface area contributed by atoms with Crippen LogP contribution in [-0.4, -0.2) is 29.5 Å². The van der Waals surface area contributed by atoms with Crippen molar-refractivity contribution in [2.45, 2.75) is 51.3 Å². The Balaban J connectivity index is 1.94. The van der Waals surface area contributed by atoms with Crippen LogP contribution in [0.25, 0.3) is 0 Å². The number of nitrogens with one attached hydrogen (secondary N) is 2. The Bertz CT molecular complexity index is 490. The molecule has 1 fully saturated rings. The van der Waals surface area contributed by atoms with Gasteiger partial charge in [0.25, 0.3) is 5.91 Å². The maximum absolute atomic E-state index is 12.4. The molecule has 1 aromatic rings. The largest absolute Gasteiger partial charge is 0.385 e. The zero-order valence-electron chi connectivity index (χ0n) is 13.2. The van der Waals surface area contributed by atoms with Gasteiger partial charge in [-0.2, -0.15) is 11.8 Å². The number of thioether (sulfide) groups is 1. The average molecular weight is 306 g/mol. The second-order valence-corrected chi connectivity index (χ2v) is 7.20. The van der Waals surface area contributed by atoms with E-state index < -0.39 is 0 Å². The van der Waals surface area contributed by atoms with E-state index >= 15 is 0 Å². The van der Waals surface area contributed by atoms with Crippen LogP contribution in [0.3, 0.4) is 0 Å². The number of hydrogen-bond donors (Lipinski definition) is 2. The van der Waals surface area contributed by atoms with Gasteiger partial charge in [-0.1, -0.05) is 6.92 Å². The lowest BCUT2D eigenvalue weighted by Gasteiger charge is -2.15. The molecule has 0 aliphatic heterocycles. The van der Waals surface area contributed by atoms with Gasteiger partial charge in [-0.15, -0.1) is 0 Å². The molecular weight excluding hydrogens is 280 g/mol. The van der Waals surface area contributed by atoms with Gasteiger partial charge in [0, 0.05) is 29.1 Å². The average Bonchev–Trinajstić information content (AvgIpc) is 2.87. The first-order valence-electron chi connectivity index (χ1n) is 7.91. The summed E-state index contributed by atoms with van der Waals surface area (Å²) in [7, 11) is 0. The lowest BCUT2D eigenvalue weighted by molar-refractivity contribution is 0.0937. The molecule has 1 aliphatic carbocycles. The van der Waals surface area contributed by atoms with E-state index in [0.29, 0.717) is 6.04 Å². The molecule has 0 radical (unpaired) electrons. The second-order valence-electron chi connectivity index (χ2n) is 5.62. The molecule has 1 amide bonds. The molecule has 2 N–H and O–H groups in total. The maximum Gasteiger partial charge on any atom is 0.251 e. The summed E-state index contributed by atoms with van der Waals surface area (Å²) in [4.78, 5) is 12.4. The standard InChI is InChI=1S/C17H26N2OS/c1-4-18-13-7-9-16(12(3)10-13)17(20)19-14-6-8-15(11-14)21-5-2/h7,9-10,14-15,18H,4-6,8,11H2,1-3H3,(H,19,20). The Morgan fingerprint density at radius 2 is 2.14 bits per heavy atom. The minimum absolute atomic E-state index is 0.0719. The van der Waals surface area contributed by atoms with Crippen molar-refractivity contribution in [3.05, 3.63) is 29.3 Å². The summed E-state index contributed by atoms with van der Waals surface area (Å²) in [6.07, 6.45) is 3.44. The smallest absolute Gasteiger partial charge is 0.251 e. The molecule has 4 heteroatoms. The summed E-state index contributed by atoms with van der Waals surface area (Å²) in [6, 6.07) is 6.29. The third-order valence-electron chi connectivity index (χ3n) is 3.97. The molecule has 2 rings (SSSR count). The van der Waals surface area contributed by atoms with Crippen molar-refractivity contribution in [2.24, 2.45) is 0 Å². The fraction of sp³-hybridized carbons (Fsp3) is 0.588. The maximum atomic E-state index is 12.4. The van der Waals surface area contributed by atoms with Gasteiger partial charge in [0.1, 0.15) is 0 Å². The molecule has 1 aliphatic rings. The van der Waals surface area contributed by atoms with Crippen LogP contribution in [-0.2, 0) is 0 Å². The third kappa shape index (κ3) is 4.40. The summed E-state index contributed by atoms with van der Waals surface area (Å²) in [5.74, 6) is 1.23. The number of rotatable bonds is 6. The van der Waals surface area contributed by atoms with Crippen LogP contribution < -0.4 is 10.6 Å². The number of carbonyl (C=O) groups is 1. The van der Waals surface area contributed by atoms with Gasteiger partial charge < -0.3 is 10.6 Å². The zero-order chi connectivity index (χ0) is 15.2. The van der Waals surface area contributed by atoms with Crippen LogP contribution in [0.5, 0.6) is 0 Å². The van der Waals surface area contributed by atoms with E-state index in [1.165, 1.54) is 6.42 Å². The molecule has 0 aromatic heterocycles. The minimum Gasteiger partial charge on any atom is -0.385 e. The van der Waals surface area contributed by atoms with Crippen molar-refractivity contribution < 1.29 is 4.79 Å². The van der Waals surface area contributed by atoms with Crippen molar-refractivity contribution in [1.29, 1.82) is 0 Å². The molecule has 116 valence electrons. The first-order chi connectivity index (χ1) is 10.1. The van der Waals surface area contributed by atoms with Crippen LogP contribution in [0.2, 0.25) is 0 Å². The van der Waals surface area contributed by atoms with E-state index in [-0.39, 0.29) is 5.91 Å². The van der Waals surface area contributed by atoms with Crippen molar-refractivity contribution in [1.82, 2.24) is 5.32 Å². The van der Waals surface area contributed by atoms with Crippen LogP contribution >= 0.6 is 11.8 Å². The number of carbonyl (C=O) groups excluding carboxylic acids is 1. The topological polar surface area (TPSA) is 41.1 Å². The summed E-state index contributed by atoms with van der Waals surface area (Å²) in [5.41, 5.74) is 2.90. The molecule has 0 heterocycles. The number of aryl methyl sites for hydroxylation is 1. The zero-order valence-corrected chi connectivity index (χ0v) is 14.1. The fourth-order valence-corrected chi connectivity index (χ4v) is 4.10. The summed E-state index contributed by atoms with van der Waals surface area (Å²) < 4.78 is 0. The van der Waals surface area contributed by atoms with Gasteiger partial charge >= 0.3 is 0 Å². The summed E-state index contributed by atoms with van der Waals surface area (Å²) in [5, 5.41) is 7.20. The van der Waals surface area contributed by atoms with Gasteiger partial charge in [0.2, 0.25) is 0 Å². The highest BCUT2D eigenvalue weighted by molar-refractivity contribution is 7.99. The second kappa shape index (κ2) is 7.74. The minimum atomic E-state index is 0.0719. The molecule has 2 unspecified atom stereocenters. The van der Waals surface area contributed by atoms with Crippen molar-refractivity contribution in [3.8, 4) is 0 Å². The van der Waals surface area contributed by atoms with E-state index in [2.05, 4.69) is 24.5 Å². The first-order valence-corrected chi connectivity index (χ1v) is 8.95. The van der Waals surface area contributed by atoms with Crippen LogP contribution in [0.4, 0.5) is 5.69 Å². The van der Waals surface area contributed by atoms with E-state index in [4.69, 9.17) is 0 Å². The predicted octanol–water partition coefficient (Wildman–Crippen LogP) is 3.83. The van der Waals surface area contributed by atoms with E-state index in [1.54, 1.807) is 0 Å². The van der Waals surface area contributed by atoms with Crippen molar-refractivity contribution in [3.63, 3.8) is 0 Å². The molecule has 21 heavy (non-hydrogen) atoms. The monoisotopic (exact) mass is 306 g/mol. The number of hydrogen-bond acceptors (Lipinski definition) is 3. The van der Waals surface area contributed by atoms with Crippen molar-refractivity contribution >= 4 is 23.4 Å². The summed E-state index contributed by atoms with van der Waals surface area (Å²) >= 11 is 2.02. The fourth-order valence-electron chi connectivity index (χ4n) is 2.95. The van der Waals surface area contributed by atoms with E-state index in [0.717, 1.165) is 47.2 Å². The third-order valence-corrected chi connectivity index (χ3v) is 5.21. The van der Waals surface area contributed by atoms with Gasteiger partial charge in [0.15, 0.2) is 0 Å². The molecule has 0 spiro atoms. The quantitative estimate of drug-likeness (QED) is 0.839. The van der Waals surface area contributed by atoms with E-state index in [9.17, 15) is 4.79 Å². The van der Waals surface area contributed by atoms with E-state index in [1.807, 2.05) is 36.9 Å². The van der Waals surface area contributed by atoms with Crippen LogP contribution in [0.15, 0.2) is 18.2 Å². The molecule has 2 atom stereocenters. The van der Waals surface area contributed by atoms with Gasteiger partial charge in [-0.3, -0.25) is 4.79 Å². The lowest BCUT2D eigenvalue weighted by Crippen LogP contribution is -2.33. The lowest BCUT2D eigenvalue weighted by atomic mass is 10.1. The van der Waals surface area contributed by atoms with Gasteiger partial charge in [-0.25, -0.2) is 0 Å². The molecule has 0 saturated heterocycles. The number of amides is 1. The highest BCUT2D eigenvalue weighted by atomic mass is 32.2. The predicted molar refractivity (Wildman–Crippen MR) is 92.4 cm³/mol. The Hall–Kier alpha value is -1.16. The summed E-state index contributed by atoms with van der Waals surface area (Å²) in [6.45, 7) is 7.16. The Morgan fingerprint density at radius 1 is 1.33 bits per heavy atom. The highest BCUT2D eigenvalue weighted by Crippen LogP contribution is 2.30. The Kier molecular flexibility index (Phi) is 5.97. The number of benzene rings is 1. The SMILES string of the molecule is CCNc1ccc(C(=O)NC2CCC(SCC)C2)c(C)c1. The molecular formula is C17H26N2OS. The Morgan fingerprint density at radius 3 is 2.81 bits per heavy atom. The highest BCUT2D eigenvalue weighted by Gasteiger charge is 2.26. The van der Waals surface area contributed by atoms with Gasteiger partial charge in [-0.05, 0) is 62.6 Å². The normalized spacial score (nSPS) is 21.3.